The van der Waals surface area contributed by atoms with E-state index in [-0.39, 0.29) is 51.8 Å². The van der Waals surface area contributed by atoms with Gasteiger partial charge in [-0.3, -0.25) is 4.79 Å². The van der Waals surface area contributed by atoms with E-state index in [9.17, 15) is 31.5 Å². The molecule has 224 valence electrons. The van der Waals surface area contributed by atoms with Crippen LogP contribution in [0.1, 0.15) is 56.6 Å². The fourth-order valence-electron chi connectivity index (χ4n) is 4.83. The fraction of sp³-hybridized carbons (Fsp3) is 0.241. The Morgan fingerprint density at radius 1 is 1.07 bits per heavy atom. The molecule has 0 aliphatic heterocycles. The molecule has 0 spiro atoms. The maximum Gasteiger partial charge on any atom is 0.435 e. The molecule has 0 saturated carbocycles. The average Bonchev–Trinajstić information content (AvgIpc) is 3.38. The lowest BCUT2D eigenvalue weighted by atomic mass is 9.92. The molecule has 1 atom stereocenters. The number of nitrogens with zero attached hydrogens (tertiary/aromatic N) is 4. The Labute approximate surface area is 241 Å². The molecule has 0 bridgehead atoms. The number of carbonyl (C=O) groups excluding carboxylic acids is 1. The maximum absolute atomic E-state index is 14.1. The van der Waals surface area contributed by atoms with Gasteiger partial charge in [0.15, 0.2) is 5.69 Å². The highest BCUT2D eigenvalue weighted by molar-refractivity contribution is 6.06. The minimum absolute atomic E-state index is 0.0167. The van der Waals surface area contributed by atoms with Gasteiger partial charge in [-0.2, -0.15) is 27.1 Å². The van der Waals surface area contributed by atoms with Gasteiger partial charge in [-0.15, -0.1) is 0 Å². The van der Waals surface area contributed by atoms with Crippen molar-refractivity contribution in [2.75, 3.05) is 11.9 Å². The Hall–Kier alpha value is -5.01. The van der Waals surface area contributed by atoms with Gasteiger partial charge < -0.3 is 19.5 Å². The van der Waals surface area contributed by atoms with Crippen molar-refractivity contribution in [2.45, 2.75) is 38.2 Å². The van der Waals surface area contributed by atoms with Crippen LogP contribution in [0.25, 0.3) is 5.69 Å². The smallest absolute Gasteiger partial charge is 0.435 e. The van der Waals surface area contributed by atoms with Gasteiger partial charge in [-0.1, -0.05) is 6.07 Å². The van der Waals surface area contributed by atoms with E-state index >= 15 is 0 Å². The molecule has 0 radical (unpaired) electrons. The quantitative estimate of drug-likeness (QED) is 0.235. The average molecular weight is 603 g/mol. The number of benzene rings is 2. The predicted molar refractivity (Wildman–Crippen MR) is 142 cm³/mol. The number of pyridine rings is 1. The largest absolute Gasteiger partial charge is 0.484 e. The van der Waals surface area contributed by atoms with E-state index in [4.69, 9.17) is 9.84 Å². The molecule has 1 aliphatic rings. The molecule has 9 nitrogen and oxygen atoms in total. The Kier molecular flexibility index (Phi) is 8.02. The number of rotatable bonds is 8. The summed E-state index contributed by atoms with van der Waals surface area (Å²) in [4.78, 5) is 29.4. The maximum atomic E-state index is 14.1. The molecule has 2 heterocycles. The van der Waals surface area contributed by atoms with Gasteiger partial charge in [0.05, 0.1) is 28.8 Å². The monoisotopic (exact) mass is 602 g/mol. The Morgan fingerprint density at radius 2 is 1.81 bits per heavy atom. The summed E-state index contributed by atoms with van der Waals surface area (Å²) in [6.45, 7) is -3.06. The lowest BCUT2D eigenvalue weighted by molar-refractivity contribution is -0.142. The number of carboxylic acid groups (broad SMARTS) is 1. The lowest BCUT2D eigenvalue weighted by Gasteiger charge is -2.26. The molecule has 5 rings (SSSR count). The van der Waals surface area contributed by atoms with Crippen LogP contribution in [0.3, 0.4) is 0 Å². The van der Waals surface area contributed by atoms with Gasteiger partial charge in [0.2, 0.25) is 5.88 Å². The summed E-state index contributed by atoms with van der Waals surface area (Å²) in [5.74, 6) is -1.74. The van der Waals surface area contributed by atoms with Crippen LogP contribution in [-0.2, 0) is 12.6 Å². The minimum Gasteiger partial charge on any atom is -0.484 e. The Balaban J connectivity index is 1.49. The van der Waals surface area contributed by atoms with Crippen LogP contribution >= 0.6 is 0 Å². The standard InChI is InChI=1S/C29H23F5N4O5/c1-37(19-10-13-23(35-15-19)43-28(30)31)26(39)17-4-2-5-18(14-17)38-24-21(25(36-38)29(32,33)34)6-3-7-22(24)42-20-11-8-16(9-12-20)27(40)41/h2,4-5,8-15,22,28H,3,6-7H2,1H3,(H,40,41). The van der Waals surface area contributed by atoms with E-state index in [2.05, 4.69) is 14.8 Å². The van der Waals surface area contributed by atoms with E-state index in [1.165, 1.54) is 78.8 Å². The molecule has 1 amide bonds. The second-order valence-electron chi connectivity index (χ2n) is 9.60. The molecule has 2 aromatic heterocycles. The Bertz CT molecular complexity index is 1640. The van der Waals surface area contributed by atoms with Crippen LogP contribution in [0, 0.1) is 0 Å². The summed E-state index contributed by atoms with van der Waals surface area (Å²) >= 11 is 0. The highest BCUT2D eigenvalue weighted by Crippen LogP contribution is 2.42. The van der Waals surface area contributed by atoms with Crippen LogP contribution in [0.5, 0.6) is 11.6 Å². The zero-order valence-electron chi connectivity index (χ0n) is 22.4. The van der Waals surface area contributed by atoms with E-state index in [0.29, 0.717) is 12.8 Å². The fourth-order valence-corrected chi connectivity index (χ4v) is 4.83. The van der Waals surface area contributed by atoms with Crippen LogP contribution < -0.4 is 14.4 Å². The second-order valence-corrected chi connectivity index (χ2v) is 9.60. The first-order valence-electron chi connectivity index (χ1n) is 12.9. The molecule has 0 saturated heterocycles. The predicted octanol–water partition coefficient (Wildman–Crippen LogP) is 6.32. The van der Waals surface area contributed by atoms with E-state index in [1.54, 1.807) is 0 Å². The number of carbonyl (C=O) groups is 2. The first kappa shape index (κ1) is 29.5. The summed E-state index contributed by atoms with van der Waals surface area (Å²) in [7, 11) is 1.43. The Morgan fingerprint density at radius 3 is 2.44 bits per heavy atom. The second kappa shape index (κ2) is 11.7. The summed E-state index contributed by atoms with van der Waals surface area (Å²) in [5, 5.41) is 13.1. The van der Waals surface area contributed by atoms with Gasteiger partial charge in [-0.25, -0.2) is 14.5 Å². The summed E-state index contributed by atoms with van der Waals surface area (Å²) < 4.78 is 78.5. The van der Waals surface area contributed by atoms with Crippen molar-refractivity contribution in [1.29, 1.82) is 0 Å². The highest BCUT2D eigenvalue weighted by Gasteiger charge is 2.42. The highest BCUT2D eigenvalue weighted by atomic mass is 19.4. The van der Waals surface area contributed by atoms with Crippen molar-refractivity contribution in [3.63, 3.8) is 0 Å². The summed E-state index contributed by atoms with van der Waals surface area (Å²) in [6, 6.07) is 13.9. The number of hydrogen-bond donors (Lipinski definition) is 1. The third-order valence-corrected chi connectivity index (χ3v) is 6.83. The molecule has 4 aromatic rings. The zero-order valence-corrected chi connectivity index (χ0v) is 22.4. The number of fused-ring (bicyclic) bond motifs is 1. The molecular weight excluding hydrogens is 579 g/mol. The molecule has 0 fully saturated rings. The van der Waals surface area contributed by atoms with Crippen molar-refractivity contribution in [3.05, 3.63) is 94.9 Å². The third kappa shape index (κ3) is 6.27. The number of anilines is 1. The van der Waals surface area contributed by atoms with E-state index < -0.39 is 36.5 Å². The number of ether oxygens (including phenoxy) is 2. The van der Waals surface area contributed by atoms with Gasteiger partial charge in [0.25, 0.3) is 5.91 Å². The number of hydrogen-bond acceptors (Lipinski definition) is 6. The van der Waals surface area contributed by atoms with Gasteiger partial charge in [0.1, 0.15) is 11.9 Å². The zero-order chi connectivity index (χ0) is 30.9. The first-order valence-corrected chi connectivity index (χ1v) is 12.9. The van der Waals surface area contributed by atoms with Crippen molar-refractivity contribution in [3.8, 4) is 17.3 Å². The van der Waals surface area contributed by atoms with Gasteiger partial charge in [-0.05, 0) is 67.8 Å². The van der Waals surface area contributed by atoms with E-state index in [1.807, 2.05) is 0 Å². The lowest BCUT2D eigenvalue weighted by Crippen LogP contribution is -2.26. The van der Waals surface area contributed by atoms with Crippen LogP contribution in [0.15, 0.2) is 66.9 Å². The van der Waals surface area contributed by atoms with Gasteiger partial charge >= 0.3 is 18.8 Å². The third-order valence-electron chi connectivity index (χ3n) is 6.83. The molecule has 43 heavy (non-hydrogen) atoms. The minimum atomic E-state index is -4.75. The molecule has 1 unspecified atom stereocenters. The molecule has 1 aliphatic carbocycles. The molecule has 1 N–H and O–H groups in total. The van der Waals surface area contributed by atoms with Crippen molar-refractivity contribution < 1.29 is 46.1 Å². The number of aromatic nitrogens is 3. The van der Waals surface area contributed by atoms with Gasteiger partial charge in [0, 0.05) is 24.2 Å². The normalized spacial score (nSPS) is 14.7. The topological polar surface area (TPSA) is 107 Å². The number of amides is 1. The van der Waals surface area contributed by atoms with Crippen LogP contribution in [0.4, 0.5) is 27.6 Å². The van der Waals surface area contributed by atoms with Crippen LogP contribution in [-0.4, -0.2) is 45.4 Å². The van der Waals surface area contributed by atoms with Crippen molar-refractivity contribution >= 4 is 17.6 Å². The number of aromatic carboxylic acids is 1. The summed E-state index contributed by atoms with van der Waals surface area (Å²) in [5.41, 5.74) is -0.307. The molecular formula is C29H23F5N4O5. The SMILES string of the molecule is CN(C(=O)c1cccc(-n2nc(C(F)(F)F)c3c2C(Oc2ccc(C(=O)O)cc2)CCC3)c1)c1ccc(OC(F)F)nc1. The molecule has 2 aromatic carbocycles. The number of alkyl halides is 5. The van der Waals surface area contributed by atoms with Crippen LogP contribution in [0.2, 0.25) is 0 Å². The first-order chi connectivity index (χ1) is 20.4. The number of carboxylic acids is 1. The summed E-state index contributed by atoms with van der Waals surface area (Å²) in [6.07, 6.45) is -3.54. The van der Waals surface area contributed by atoms with E-state index in [0.717, 1.165) is 4.68 Å². The van der Waals surface area contributed by atoms with Crippen molar-refractivity contribution in [2.24, 2.45) is 0 Å². The number of halogens is 5. The molecule has 14 heteroatoms. The van der Waals surface area contributed by atoms with Crippen molar-refractivity contribution in [1.82, 2.24) is 14.8 Å².